The van der Waals surface area contributed by atoms with Gasteiger partial charge in [0.05, 0.1) is 3.79 Å². The number of thiophene rings is 1. The molecule has 13 heavy (non-hydrogen) atoms. The lowest BCUT2D eigenvalue weighted by molar-refractivity contribution is 1.15. The van der Waals surface area contributed by atoms with E-state index in [4.69, 9.17) is 5.73 Å². The van der Waals surface area contributed by atoms with Crippen molar-refractivity contribution in [3.05, 3.63) is 27.5 Å². The summed E-state index contributed by atoms with van der Waals surface area (Å²) in [5, 5.41) is 1.18. The maximum absolute atomic E-state index is 6.03. The molecule has 0 aliphatic carbocycles. The summed E-state index contributed by atoms with van der Waals surface area (Å²) < 4.78 is 2.39. The number of aryl methyl sites for hydroxylation is 1. The predicted molar refractivity (Wildman–Crippen MR) is 63.3 cm³/mol. The van der Waals surface area contributed by atoms with Gasteiger partial charge in [0.1, 0.15) is 0 Å². The topological polar surface area (TPSA) is 26.0 Å². The van der Waals surface area contributed by atoms with E-state index in [1.807, 2.05) is 0 Å². The molecule has 0 aliphatic rings. The molecule has 1 aromatic carbocycles. The summed E-state index contributed by atoms with van der Waals surface area (Å²) in [4.78, 5) is 0. The molecule has 2 aromatic rings. The number of halogens is 1. The third-order valence-electron chi connectivity index (χ3n) is 2.18. The van der Waals surface area contributed by atoms with Crippen LogP contribution in [0.1, 0.15) is 12.5 Å². The third kappa shape index (κ3) is 1.46. The number of rotatable bonds is 1. The Balaban J connectivity index is 2.78. The minimum Gasteiger partial charge on any atom is -0.398 e. The summed E-state index contributed by atoms with van der Waals surface area (Å²) in [6.07, 6.45) is 0.995. The molecule has 0 spiro atoms. The van der Waals surface area contributed by atoms with Crippen LogP contribution in [-0.2, 0) is 6.42 Å². The van der Waals surface area contributed by atoms with E-state index in [0.29, 0.717) is 0 Å². The summed E-state index contributed by atoms with van der Waals surface area (Å²) in [6, 6.07) is 6.34. The largest absolute Gasteiger partial charge is 0.398 e. The number of anilines is 1. The Bertz CT molecular complexity index is 447. The molecule has 0 unspecified atom stereocenters. The van der Waals surface area contributed by atoms with Crippen LogP contribution < -0.4 is 5.73 Å². The molecule has 1 heterocycles. The number of nitrogen functional groups attached to an aromatic ring is 1. The number of nitrogens with two attached hydrogens (primary N) is 1. The first-order valence-corrected chi connectivity index (χ1v) is 5.79. The Labute approximate surface area is 89.7 Å². The maximum atomic E-state index is 6.03. The molecule has 68 valence electrons. The van der Waals surface area contributed by atoms with E-state index in [9.17, 15) is 0 Å². The van der Waals surface area contributed by atoms with Crippen LogP contribution in [0.3, 0.4) is 0 Å². The van der Waals surface area contributed by atoms with E-state index in [0.717, 1.165) is 15.9 Å². The summed E-state index contributed by atoms with van der Waals surface area (Å²) in [5.41, 5.74) is 8.20. The van der Waals surface area contributed by atoms with Crippen molar-refractivity contribution in [2.24, 2.45) is 0 Å². The maximum Gasteiger partial charge on any atom is 0.0711 e. The molecular weight excluding hydrogens is 246 g/mol. The first-order valence-electron chi connectivity index (χ1n) is 4.18. The molecular formula is C10H10BrNS. The highest BCUT2D eigenvalue weighted by atomic mass is 79.9. The molecule has 0 radical (unpaired) electrons. The van der Waals surface area contributed by atoms with Crippen LogP contribution in [-0.4, -0.2) is 0 Å². The van der Waals surface area contributed by atoms with Crippen LogP contribution >= 0.6 is 27.3 Å². The zero-order chi connectivity index (χ0) is 9.42. The van der Waals surface area contributed by atoms with Crippen molar-refractivity contribution in [1.29, 1.82) is 0 Å². The van der Waals surface area contributed by atoms with Gasteiger partial charge in [0.2, 0.25) is 0 Å². The minimum absolute atomic E-state index is 0.932. The summed E-state index contributed by atoms with van der Waals surface area (Å²) in [6.45, 7) is 2.12. The molecule has 0 atom stereocenters. The third-order valence-corrected chi connectivity index (χ3v) is 3.79. The van der Waals surface area contributed by atoms with Gasteiger partial charge < -0.3 is 5.73 Å². The number of fused-ring (bicyclic) bond motifs is 1. The van der Waals surface area contributed by atoms with E-state index in [2.05, 4.69) is 41.1 Å². The number of hydrogen-bond donors (Lipinski definition) is 1. The van der Waals surface area contributed by atoms with Crippen molar-refractivity contribution in [3.63, 3.8) is 0 Å². The Morgan fingerprint density at radius 2 is 2.23 bits per heavy atom. The van der Waals surface area contributed by atoms with Crippen LogP contribution in [0.2, 0.25) is 0 Å². The molecule has 0 saturated heterocycles. The number of benzene rings is 1. The van der Waals surface area contributed by atoms with Crippen molar-refractivity contribution >= 4 is 43.0 Å². The van der Waals surface area contributed by atoms with E-state index >= 15 is 0 Å². The first-order chi connectivity index (χ1) is 6.22. The minimum atomic E-state index is 0.932. The van der Waals surface area contributed by atoms with Crippen LogP contribution in [0.4, 0.5) is 5.69 Å². The fourth-order valence-electron chi connectivity index (χ4n) is 1.46. The lowest BCUT2D eigenvalue weighted by atomic mass is 10.1. The van der Waals surface area contributed by atoms with E-state index < -0.39 is 0 Å². The molecule has 0 aliphatic heterocycles. The van der Waals surface area contributed by atoms with Crippen molar-refractivity contribution in [1.82, 2.24) is 0 Å². The lowest BCUT2D eigenvalue weighted by Crippen LogP contribution is -1.92. The second-order valence-electron chi connectivity index (χ2n) is 2.95. The quantitative estimate of drug-likeness (QED) is 0.771. The van der Waals surface area contributed by atoms with Crippen molar-refractivity contribution in [2.75, 3.05) is 5.73 Å². The van der Waals surface area contributed by atoms with Crippen LogP contribution in [0, 0.1) is 0 Å². The van der Waals surface area contributed by atoms with Gasteiger partial charge >= 0.3 is 0 Å². The average Bonchev–Trinajstić information content (AvgIpc) is 2.47. The van der Waals surface area contributed by atoms with Crippen molar-refractivity contribution in [2.45, 2.75) is 13.3 Å². The fraction of sp³-hybridized carbons (Fsp3) is 0.200. The van der Waals surface area contributed by atoms with Crippen LogP contribution in [0.15, 0.2) is 22.0 Å². The zero-order valence-corrected chi connectivity index (χ0v) is 9.71. The standard InChI is InChI=1S/C10H10BrNS/c1-2-6-3-4-8-7(10(6)12)5-9(11)13-8/h3-5H,2,12H2,1H3. The smallest absolute Gasteiger partial charge is 0.0711 e. The highest BCUT2D eigenvalue weighted by Gasteiger charge is 2.05. The van der Waals surface area contributed by atoms with Gasteiger partial charge in [-0.05, 0) is 40.0 Å². The highest BCUT2D eigenvalue weighted by Crippen LogP contribution is 2.34. The predicted octanol–water partition coefficient (Wildman–Crippen LogP) is 3.81. The normalized spacial score (nSPS) is 10.9. The van der Waals surface area contributed by atoms with Gasteiger partial charge in [-0.1, -0.05) is 13.0 Å². The zero-order valence-electron chi connectivity index (χ0n) is 7.30. The molecule has 2 rings (SSSR count). The second-order valence-corrected chi connectivity index (χ2v) is 5.42. The van der Waals surface area contributed by atoms with Gasteiger partial charge in [0, 0.05) is 15.8 Å². The molecule has 0 bridgehead atoms. The van der Waals surface area contributed by atoms with Gasteiger partial charge in [-0.2, -0.15) is 0 Å². The van der Waals surface area contributed by atoms with Crippen LogP contribution in [0.25, 0.3) is 10.1 Å². The van der Waals surface area contributed by atoms with Crippen molar-refractivity contribution in [3.8, 4) is 0 Å². The van der Waals surface area contributed by atoms with E-state index in [1.165, 1.54) is 15.6 Å². The monoisotopic (exact) mass is 255 g/mol. The Morgan fingerprint density at radius 3 is 2.92 bits per heavy atom. The Hall–Kier alpha value is -0.540. The average molecular weight is 256 g/mol. The summed E-state index contributed by atoms with van der Waals surface area (Å²) >= 11 is 5.19. The SMILES string of the molecule is CCc1ccc2sc(Br)cc2c1N. The second kappa shape index (κ2) is 3.31. The molecule has 2 N–H and O–H groups in total. The molecule has 0 saturated carbocycles. The van der Waals surface area contributed by atoms with Gasteiger partial charge in [-0.25, -0.2) is 0 Å². The first kappa shape index (κ1) is 9.03. The van der Waals surface area contributed by atoms with Gasteiger partial charge in [0.25, 0.3) is 0 Å². The Morgan fingerprint density at radius 1 is 1.46 bits per heavy atom. The fourth-order valence-corrected chi connectivity index (χ4v) is 3.01. The highest BCUT2D eigenvalue weighted by molar-refractivity contribution is 9.11. The lowest BCUT2D eigenvalue weighted by Gasteiger charge is -2.02. The Kier molecular flexibility index (Phi) is 2.30. The van der Waals surface area contributed by atoms with Gasteiger partial charge in [-0.3, -0.25) is 0 Å². The van der Waals surface area contributed by atoms with E-state index in [1.54, 1.807) is 11.3 Å². The van der Waals surface area contributed by atoms with Gasteiger partial charge in [0.15, 0.2) is 0 Å². The van der Waals surface area contributed by atoms with Crippen LogP contribution in [0.5, 0.6) is 0 Å². The molecule has 0 fully saturated rings. The number of hydrogen-bond acceptors (Lipinski definition) is 2. The molecule has 0 amide bonds. The van der Waals surface area contributed by atoms with Gasteiger partial charge in [-0.15, -0.1) is 11.3 Å². The summed E-state index contributed by atoms with van der Waals surface area (Å²) in [7, 11) is 0. The molecule has 3 heteroatoms. The van der Waals surface area contributed by atoms with E-state index in [-0.39, 0.29) is 0 Å². The van der Waals surface area contributed by atoms with Crippen molar-refractivity contribution < 1.29 is 0 Å². The molecule has 1 nitrogen and oxygen atoms in total. The summed E-state index contributed by atoms with van der Waals surface area (Å²) in [5.74, 6) is 0. The molecule has 1 aromatic heterocycles.